The maximum Gasteiger partial charge on any atom is 0.436 e. The minimum absolute atomic E-state index is 0.0746. The van der Waals surface area contributed by atoms with Crippen molar-refractivity contribution < 1.29 is 39.4 Å². The SMILES string of the molecule is NS(=O)(=O)c1ccc(-[n+]2[nH]c(C(F)(F)F)cc2-c2ccc(C(F)(F)F)cc2)cc1. The van der Waals surface area contributed by atoms with Crippen LogP contribution in [-0.2, 0) is 22.4 Å². The maximum atomic E-state index is 13.2. The normalized spacial score (nSPS) is 12.9. The molecular formula is C17H12F6N3O2S+. The largest absolute Gasteiger partial charge is 0.436 e. The Morgan fingerprint density at radius 2 is 1.38 bits per heavy atom. The Kier molecular flexibility index (Phi) is 4.95. The topological polar surface area (TPSA) is 79.8 Å². The van der Waals surface area contributed by atoms with Crippen LogP contribution in [0.5, 0.6) is 0 Å². The van der Waals surface area contributed by atoms with Crippen LogP contribution in [0.4, 0.5) is 26.3 Å². The first-order valence-electron chi connectivity index (χ1n) is 7.80. The predicted octanol–water partition coefficient (Wildman–Crippen LogP) is 3.64. The van der Waals surface area contributed by atoms with Crippen molar-refractivity contribution in [2.75, 3.05) is 0 Å². The van der Waals surface area contributed by atoms with E-state index in [1.54, 1.807) is 0 Å². The number of H-pyrrole nitrogens is 1. The van der Waals surface area contributed by atoms with Crippen LogP contribution in [0.3, 0.4) is 0 Å². The molecule has 1 heterocycles. The molecule has 154 valence electrons. The Bertz CT molecular complexity index is 1130. The number of alkyl halides is 6. The van der Waals surface area contributed by atoms with Crippen molar-refractivity contribution in [3.8, 4) is 16.9 Å². The summed E-state index contributed by atoms with van der Waals surface area (Å²) in [7, 11) is -4.01. The molecule has 0 saturated heterocycles. The molecule has 2 aromatic carbocycles. The smallest absolute Gasteiger partial charge is 0.225 e. The molecule has 0 bridgehead atoms. The number of hydrogen-bond acceptors (Lipinski definition) is 2. The van der Waals surface area contributed by atoms with Crippen molar-refractivity contribution in [2.24, 2.45) is 5.14 Å². The van der Waals surface area contributed by atoms with Gasteiger partial charge in [-0.05, 0) is 36.4 Å². The number of hydrogen-bond donors (Lipinski definition) is 2. The number of sulfonamides is 1. The Morgan fingerprint density at radius 1 is 0.828 bits per heavy atom. The number of nitrogens with two attached hydrogens (primary N) is 1. The quantitative estimate of drug-likeness (QED) is 0.486. The van der Waals surface area contributed by atoms with Gasteiger partial charge in [0.15, 0.2) is 5.69 Å². The number of nitrogens with zero attached hydrogens (tertiary/aromatic N) is 1. The first-order valence-corrected chi connectivity index (χ1v) is 9.34. The van der Waals surface area contributed by atoms with E-state index >= 15 is 0 Å². The van der Waals surface area contributed by atoms with Crippen LogP contribution in [0.1, 0.15) is 11.3 Å². The van der Waals surface area contributed by atoms with Gasteiger partial charge in [-0.1, -0.05) is 4.68 Å². The standard InChI is InChI=1S/C17H11F6N3O2S/c18-16(19,20)11-3-1-10(2-4-11)14-9-15(17(21,22)23)25-26(14)12-5-7-13(8-6-12)29(24,27)28/h1-9H,(H2,24,27,28)/p+1. The summed E-state index contributed by atoms with van der Waals surface area (Å²) in [5, 5.41) is 7.12. The van der Waals surface area contributed by atoms with Crippen molar-refractivity contribution in [3.05, 3.63) is 65.9 Å². The van der Waals surface area contributed by atoms with E-state index in [0.29, 0.717) is 0 Å². The third-order valence-electron chi connectivity index (χ3n) is 3.99. The van der Waals surface area contributed by atoms with Crippen molar-refractivity contribution in [1.29, 1.82) is 0 Å². The van der Waals surface area contributed by atoms with Gasteiger partial charge in [-0.25, -0.2) is 13.6 Å². The van der Waals surface area contributed by atoms with E-state index in [1.165, 1.54) is 12.1 Å². The molecule has 0 aliphatic rings. The lowest BCUT2D eigenvalue weighted by Gasteiger charge is -2.06. The van der Waals surface area contributed by atoms with Crippen LogP contribution in [0.2, 0.25) is 0 Å². The van der Waals surface area contributed by atoms with Crippen LogP contribution >= 0.6 is 0 Å². The summed E-state index contributed by atoms with van der Waals surface area (Å²) in [5.41, 5.74) is -1.96. The molecule has 3 rings (SSSR count). The Morgan fingerprint density at radius 3 is 1.83 bits per heavy atom. The summed E-state index contributed by atoms with van der Waals surface area (Å²) in [6, 6.07) is 8.96. The van der Waals surface area contributed by atoms with Crippen LogP contribution in [-0.4, -0.2) is 13.5 Å². The molecule has 0 saturated carbocycles. The van der Waals surface area contributed by atoms with E-state index in [1.807, 2.05) is 0 Å². The second-order valence-electron chi connectivity index (χ2n) is 6.00. The molecule has 0 atom stereocenters. The molecule has 0 aliphatic carbocycles. The number of primary sulfonamides is 1. The lowest BCUT2D eigenvalue weighted by molar-refractivity contribution is -0.646. The van der Waals surface area contributed by atoms with Crippen LogP contribution in [0.25, 0.3) is 16.9 Å². The third kappa shape index (κ3) is 4.43. The van der Waals surface area contributed by atoms with Gasteiger partial charge in [-0.15, -0.1) is 0 Å². The van der Waals surface area contributed by atoms with Gasteiger partial charge in [0.25, 0.3) is 0 Å². The summed E-state index contributed by atoms with van der Waals surface area (Å²) in [6.45, 7) is 0. The van der Waals surface area contributed by atoms with Crippen molar-refractivity contribution in [2.45, 2.75) is 17.2 Å². The first kappa shape index (κ1) is 20.9. The Hall–Kier alpha value is -2.86. The molecule has 0 amide bonds. The second kappa shape index (κ2) is 6.88. The number of nitrogens with one attached hydrogen (secondary N) is 1. The molecule has 0 aliphatic heterocycles. The molecule has 12 heteroatoms. The minimum atomic E-state index is -4.74. The van der Waals surface area contributed by atoms with E-state index in [9.17, 15) is 34.8 Å². The summed E-state index contributed by atoms with van der Waals surface area (Å²) >= 11 is 0. The average Bonchev–Trinajstić information content (AvgIpc) is 3.06. The molecule has 0 unspecified atom stereocenters. The number of aromatic nitrogens is 2. The number of rotatable bonds is 3. The van der Waals surface area contributed by atoms with Gasteiger partial charge in [0.2, 0.25) is 21.4 Å². The van der Waals surface area contributed by atoms with Crippen LogP contribution < -0.4 is 9.82 Å². The third-order valence-corrected chi connectivity index (χ3v) is 4.92. The zero-order chi connectivity index (χ0) is 21.6. The van der Waals surface area contributed by atoms with Gasteiger partial charge in [-0.2, -0.15) is 31.4 Å². The van der Waals surface area contributed by atoms with Crippen LogP contribution in [0, 0.1) is 0 Å². The molecule has 29 heavy (non-hydrogen) atoms. The van der Waals surface area contributed by atoms with E-state index in [2.05, 4.69) is 5.10 Å². The summed E-state index contributed by atoms with van der Waals surface area (Å²) in [5.74, 6) is 0. The van der Waals surface area contributed by atoms with Crippen LogP contribution in [0.15, 0.2) is 59.5 Å². The van der Waals surface area contributed by atoms with Gasteiger partial charge in [-0.3, -0.25) is 0 Å². The fraction of sp³-hybridized carbons (Fsp3) is 0.118. The lowest BCUT2D eigenvalue weighted by Crippen LogP contribution is -2.35. The monoisotopic (exact) mass is 436 g/mol. The Labute approximate surface area is 160 Å². The zero-order valence-corrected chi connectivity index (χ0v) is 15.0. The van der Waals surface area contributed by atoms with Crippen molar-refractivity contribution in [3.63, 3.8) is 0 Å². The van der Waals surface area contributed by atoms with Gasteiger partial charge in [0.1, 0.15) is 0 Å². The van der Waals surface area contributed by atoms with Gasteiger partial charge in [0, 0.05) is 23.8 Å². The molecule has 1 aromatic heterocycles. The molecule has 3 aromatic rings. The minimum Gasteiger partial charge on any atom is -0.225 e. The molecular weight excluding hydrogens is 424 g/mol. The van der Waals surface area contributed by atoms with E-state index in [0.717, 1.165) is 47.1 Å². The number of halogens is 6. The van der Waals surface area contributed by atoms with Gasteiger partial charge in [0.05, 0.1) is 10.5 Å². The fourth-order valence-electron chi connectivity index (χ4n) is 2.59. The molecule has 3 N–H and O–H groups in total. The lowest BCUT2D eigenvalue weighted by atomic mass is 10.1. The van der Waals surface area contributed by atoms with Crippen molar-refractivity contribution >= 4 is 10.0 Å². The summed E-state index contributed by atoms with van der Waals surface area (Å²) in [4.78, 5) is -0.250. The maximum absolute atomic E-state index is 13.2. The van der Waals surface area contributed by atoms with Gasteiger partial charge < -0.3 is 0 Å². The Balaban J connectivity index is 2.13. The van der Waals surface area contributed by atoms with E-state index < -0.39 is 33.6 Å². The van der Waals surface area contributed by atoms with E-state index in [-0.39, 0.29) is 21.8 Å². The van der Waals surface area contributed by atoms with E-state index in [4.69, 9.17) is 5.14 Å². The molecule has 0 fully saturated rings. The average molecular weight is 436 g/mol. The first-order chi connectivity index (χ1) is 13.3. The molecule has 5 nitrogen and oxygen atoms in total. The second-order valence-corrected chi connectivity index (χ2v) is 7.56. The van der Waals surface area contributed by atoms with Gasteiger partial charge >= 0.3 is 12.4 Å². The fourth-order valence-corrected chi connectivity index (χ4v) is 3.11. The predicted molar refractivity (Wildman–Crippen MR) is 89.1 cm³/mol. The highest BCUT2D eigenvalue weighted by molar-refractivity contribution is 7.89. The highest BCUT2D eigenvalue weighted by Crippen LogP contribution is 2.33. The number of benzene rings is 2. The van der Waals surface area contributed by atoms with Crippen molar-refractivity contribution in [1.82, 2.24) is 5.10 Å². The summed E-state index contributed by atoms with van der Waals surface area (Å²) in [6.07, 6.45) is -9.33. The highest BCUT2D eigenvalue weighted by Gasteiger charge is 2.38. The summed E-state index contributed by atoms with van der Waals surface area (Å²) < 4.78 is 101. The number of aromatic amines is 1. The molecule has 0 spiro atoms. The highest BCUT2D eigenvalue weighted by atomic mass is 32.2. The molecule has 0 radical (unpaired) electrons. The zero-order valence-electron chi connectivity index (χ0n) is 14.2.